The first kappa shape index (κ1) is 23.3. The van der Waals surface area contributed by atoms with Crippen LogP contribution in [0, 0.1) is 0 Å². The molecule has 0 fully saturated rings. The topological polar surface area (TPSA) is 0 Å². The van der Waals surface area contributed by atoms with Crippen molar-refractivity contribution in [2.24, 2.45) is 0 Å². The molecule has 0 saturated carbocycles. The molecule has 8 aromatic rings. The van der Waals surface area contributed by atoms with Gasteiger partial charge in [-0.1, -0.05) is 146 Å². The molecule has 0 aromatic heterocycles. The van der Waals surface area contributed by atoms with Crippen LogP contribution in [0.5, 0.6) is 0 Å². The largest absolute Gasteiger partial charge is 0.0622 e. The van der Waals surface area contributed by atoms with Crippen molar-refractivity contribution in [3.8, 4) is 55.6 Å². The molecule has 1 aliphatic rings. The minimum Gasteiger partial charge on any atom is -0.0622 e. The predicted octanol–water partition coefficient (Wildman–Crippen LogP) is 11.8. The lowest BCUT2D eigenvalue weighted by atomic mass is 9.83. The smallest absolute Gasteiger partial charge is 0.00199 e. The second kappa shape index (κ2) is 9.03. The van der Waals surface area contributed by atoms with Crippen LogP contribution in [0.15, 0.2) is 158 Å². The number of rotatable bonds is 3. The minimum atomic E-state index is 1.23. The molecule has 0 aliphatic heterocycles. The van der Waals surface area contributed by atoms with Gasteiger partial charge in [0.15, 0.2) is 0 Å². The van der Waals surface area contributed by atoms with E-state index in [4.69, 9.17) is 0 Å². The molecule has 0 nitrogen and oxygen atoms in total. The number of benzene rings is 8. The average Bonchev–Trinajstić information content (AvgIpc) is 3.39. The van der Waals surface area contributed by atoms with Crippen LogP contribution in [-0.2, 0) is 0 Å². The van der Waals surface area contributed by atoms with Crippen molar-refractivity contribution in [1.29, 1.82) is 0 Å². The Labute approximate surface area is 245 Å². The van der Waals surface area contributed by atoms with Crippen LogP contribution in [-0.4, -0.2) is 0 Å². The summed E-state index contributed by atoms with van der Waals surface area (Å²) >= 11 is 0. The first-order valence-corrected chi connectivity index (χ1v) is 14.6. The quantitative estimate of drug-likeness (QED) is 0.199. The lowest BCUT2D eigenvalue weighted by molar-refractivity contribution is 1.58. The molecule has 9 rings (SSSR count). The van der Waals surface area contributed by atoms with Gasteiger partial charge in [-0.15, -0.1) is 0 Å². The van der Waals surface area contributed by atoms with E-state index in [0.717, 1.165) is 0 Å². The molecule has 0 atom stereocenters. The van der Waals surface area contributed by atoms with Gasteiger partial charge in [0, 0.05) is 0 Å². The lowest BCUT2D eigenvalue weighted by Gasteiger charge is -2.20. The molecular formula is C42H26. The monoisotopic (exact) mass is 530 g/mol. The van der Waals surface area contributed by atoms with Crippen LogP contribution in [0.3, 0.4) is 0 Å². The van der Waals surface area contributed by atoms with E-state index in [1.807, 2.05) is 0 Å². The molecule has 0 saturated heterocycles. The van der Waals surface area contributed by atoms with Gasteiger partial charge in [0.05, 0.1) is 0 Å². The van der Waals surface area contributed by atoms with Gasteiger partial charge in [-0.3, -0.25) is 0 Å². The van der Waals surface area contributed by atoms with E-state index >= 15 is 0 Å². The van der Waals surface area contributed by atoms with E-state index in [-0.39, 0.29) is 0 Å². The van der Waals surface area contributed by atoms with Gasteiger partial charge < -0.3 is 0 Å². The highest BCUT2D eigenvalue weighted by Crippen LogP contribution is 2.52. The van der Waals surface area contributed by atoms with Gasteiger partial charge in [0.25, 0.3) is 0 Å². The maximum absolute atomic E-state index is 2.47. The molecule has 0 amide bonds. The van der Waals surface area contributed by atoms with Crippen LogP contribution in [0.1, 0.15) is 0 Å². The number of fused-ring (bicyclic) bond motifs is 7. The van der Waals surface area contributed by atoms with Crippen molar-refractivity contribution in [2.75, 3.05) is 0 Å². The van der Waals surface area contributed by atoms with Gasteiger partial charge in [-0.05, 0) is 100 Å². The van der Waals surface area contributed by atoms with Gasteiger partial charge in [-0.2, -0.15) is 0 Å². The van der Waals surface area contributed by atoms with E-state index in [0.29, 0.717) is 0 Å². The van der Waals surface area contributed by atoms with Gasteiger partial charge in [-0.25, -0.2) is 0 Å². The first-order valence-electron chi connectivity index (χ1n) is 14.6. The standard InChI is InChI=1S/C42H26/c1-3-13-27(14-4-1)29-21-11-22-30(28-15-5-2-6-16-28)41(29)39-26-38-36-24-12-23-35-31-17-7-9-19-33(31)40(42(35)36)25-37(38)32-18-8-10-20-34(32)39/h1-26H. The van der Waals surface area contributed by atoms with Crippen LogP contribution >= 0.6 is 0 Å². The molecule has 0 heterocycles. The number of hydrogen-bond acceptors (Lipinski definition) is 0. The highest BCUT2D eigenvalue weighted by molar-refractivity contribution is 6.29. The van der Waals surface area contributed by atoms with Gasteiger partial charge >= 0.3 is 0 Å². The molecular weight excluding hydrogens is 504 g/mol. The van der Waals surface area contributed by atoms with Crippen LogP contribution in [0.2, 0.25) is 0 Å². The highest BCUT2D eigenvalue weighted by Gasteiger charge is 2.24. The molecule has 0 radical (unpaired) electrons. The van der Waals surface area contributed by atoms with Crippen molar-refractivity contribution in [3.63, 3.8) is 0 Å². The molecule has 0 N–H and O–H groups in total. The summed E-state index contributed by atoms with van der Waals surface area (Å²) in [5, 5.41) is 7.87. The molecule has 1 aliphatic carbocycles. The summed E-state index contributed by atoms with van der Waals surface area (Å²) in [6, 6.07) is 57.9. The third-order valence-electron chi connectivity index (χ3n) is 9.01. The normalized spacial score (nSPS) is 11.8. The summed E-state index contributed by atoms with van der Waals surface area (Å²) in [7, 11) is 0. The SMILES string of the molecule is c1ccc(-c2cccc(-c3ccccc3)c2-c2cc3c4cccc5c4c(cc3c3ccccc23)-c2ccccc2-5)cc1. The summed E-state index contributed by atoms with van der Waals surface area (Å²) in [4.78, 5) is 0. The van der Waals surface area contributed by atoms with E-state index in [9.17, 15) is 0 Å². The summed E-state index contributed by atoms with van der Waals surface area (Å²) in [6.45, 7) is 0. The second-order valence-electron chi connectivity index (χ2n) is 11.2. The average molecular weight is 531 g/mol. The Bertz CT molecular complexity index is 2270. The Morgan fingerprint density at radius 3 is 1.38 bits per heavy atom. The fourth-order valence-electron chi connectivity index (χ4n) is 7.22. The van der Waals surface area contributed by atoms with Crippen molar-refractivity contribution >= 4 is 32.3 Å². The van der Waals surface area contributed by atoms with Gasteiger partial charge in [0.1, 0.15) is 0 Å². The molecule has 0 bridgehead atoms. The minimum absolute atomic E-state index is 1.23. The fraction of sp³-hybridized carbons (Fsp3) is 0. The zero-order valence-corrected chi connectivity index (χ0v) is 23.0. The maximum Gasteiger partial charge on any atom is -0.00199 e. The Morgan fingerprint density at radius 2 is 0.690 bits per heavy atom. The Balaban J connectivity index is 1.46. The Hall–Kier alpha value is -5.46. The van der Waals surface area contributed by atoms with E-state index in [1.54, 1.807) is 0 Å². The zero-order chi connectivity index (χ0) is 27.6. The molecule has 0 spiro atoms. The number of hydrogen-bond donors (Lipinski definition) is 0. The van der Waals surface area contributed by atoms with Crippen LogP contribution < -0.4 is 0 Å². The fourth-order valence-corrected chi connectivity index (χ4v) is 7.22. The third kappa shape index (κ3) is 3.30. The summed E-state index contributed by atoms with van der Waals surface area (Å²) < 4.78 is 0. The summed E-state index contributed by atoms with van der Waals surface area (Å²) in [5.41, 5.74) is 12.8. The van der Waals surface area contributed by atoms with E-state index in [1.165, 1.54) is 88.0 Å². The maximum atomic E-state index is 2.47. The molecule has 42 heavy (non-hydrogen) atoms. The van der Waals surface area contributed by atoms with Crippen molar-refractivity contribution < 1.29 is 0 Å². The van der Waals surface area contributed by atoms with Crippen LogP contribution in [0.25, 0.3) is 88.0 Å². The summed E-state index contributed by atoms with van der Waals surface area (Å²) in [6.07, 6.45) is 0. The highest BCUT2D eigenvalue weighted by atomic mass is 14.3. The third-order valence-corrected chi connectivity index (χ3v) is 9.01. The van der Waals surface area contributed by atoms with Gasteiger partial charge in [0.2, 0.25) is 0 Å². The van der Waals surface area contributed by atoms with Crippen LogP contribution in [0.4, 0.5) is 0 Å². The molecule has 0 unspecified atom stereocenters. The first-order chi connectivity index (χ1) is 20.9. The molecule has 8 aromatic carbocycles. The zero-order valence-electron chi connectivity index (χ0n) is 23.0. The lowest BCUT2D eigenvalue weighted by Crippen LogP contribution is -1.93. The van der Waals surface area contributed by atoms with Crippen molar-refractivity contribution in [1.82, 2.24) is 0 Å². The molecule has 194 valence electrons. The predicted molar refractivity (Wildman–Crippen MR) is 180 cm³/mol. The van der Waals surface area contributed by atoms with E-state index in [2.05, 4.69) is 158 Å². The van der Waals surface area contributed by atoms with E-state index < -0.39 is 0 Å². The Morgan fingerprint density at radius 1 is 0.238 bits per heavy atom. The summed E-state index contributed by atoms with van der Waals surface area (Å²) in [5.74, 6) is 0. The molecule has 0 heteroatoms. The Kier molecular flexibility index (Phi) is 5.00. The second-order valence-corrected chi connectivity index (χ2v) is 11.2. The van der Waals surface area contributed by atoms with Crippen molar-refractivity contribution in [3.05, 3.63) is 158 Å². The van der Waals surface area contributed by atoms with Crippen molar-refractivity contribution in [2.45, 2.75) is 0 Å².